The van der Waals surface area contributed by atoms with Crippen molar-refractivity contribution in [3.05, 3.63) is 78.1 Å². The molecule has 8 nitrogen and oxygen atoms in total. The molecule has 2 bridgehead atoms. The highest BCUT2D eigenvalue weighted by atomic mass is 16.5. The van der Waals surface area contributed by atoms with Crippen LogP contribution in [0, 0.1) is 5.92 Å². The number of nitrogens with zero attached hydrogens (tertiary/aromatic N) is 3. The van der Waals surface area contributed by atoms with Crippen molar-refractivity contribution in [2.24, 2.45) is 5.92 Å². The SMILES string of the molecule is CN1[C@@H]2COC[C@H]1CC(Oc1ccc(-c3n[nH]c4ccc(C(=O)NC(c5ccccn5)C5CC5)cc34)cc1)C2. The lowest BCUT2D eigenvalue weighted by atomic mass is 9.92. The second-order valence-electron chi connectivity index (χ2n) is 11.1. The predicted octanol–water partition coefficient (Wildman–Crippen LogP) is 4.75. The zero-order chi connectivity index (χ0) is 26.3. The Labute approximate surface area is 227 Å². The molecule has 0 spiro atoms. The van der Waals surface area contributed by atoms with Crippen molar-refractivity contribution in [1.29, 1.82) is 0 Å². The second-order valence-corrected chi connectivity index (χ2v) is 11.1. The zero-order valence-corrected chi connectivity index (χ0v) is 22.0. The molecular formula is C31H33N5O3. The standard InChI is InChI=1S/C31H33N5O3/c1-36-22-15-25(16-23(36)18-38-17-22)39-24-10-7-19(8-11-24)29-26-14-21(9-12-27(26)34-35-29)31(37)33-30(20-5-6-20)28-4-2-3-13-32-28/h2-4,7-14,20,22-23,25,30H,5-6,15-18H2,1H3,(H,33,37)(H,34,35)/t22-,23+,25?,30?. The minimum atomic E-state index is -0.0938. The van der Waals surface area contributed by atoms with E-state index in [1.807, 2.05) is 60.7 Å². The van der Waals surface area contributed by atoms with Crippen LogP contribution in [0.1, 0.15) is 47.8 Å². The summed E-state index contributed by atoms with van der Waals surface area (Å²) < 4.78 is 12.1. The van der Waals surface area contributed by atoms with Crippen LogP contribution in [0.2, 0.25) is 0 Å². The van der Waals surface area contributed by atoms with Crippen LogP contribution in [0.3, 0.4) is 0 Å². The maximum absolute atomic E-state index is 13.3. The van der Waals surface area contributed by atoms with Crippen molar-refractivity contribution in [1.82, 2.24) is 25.4 Å². The van der Waals surface area contributed by atoms with Crippen molar-refractivity contribution in [3.8, 4) is 17.0 Å². The molecule has 7 rings (SSSR count). The van der Waals surface area contributed by atoms with Crippen LogP contribution in [-0.2, 0) is 4.74 Å². The van der Waals surface area contributed by atoms with Gasteiger partial charge in [0.2, 0.25) is 0 Å². The molecule has 4 heterocycles. The van der Waals surface area contributed by atoms with Gasteiger partial charge >= 0.3 is 0 Å². The summed E-state index contributed by atoms with van der Waals surface area (Å²) in [4.78, 5) is 20.2. The first-order chi connectivity index (χ1) is 19.1. The van der Waals surface area contributed by atoms with Gasteiger partial charge in [-0.3, -0.25) is 19.8 Å². The quantitative estimate of drug-likeness (QED) is 0.363. The molecule has 2 N–H and O–H groups in total. The smallest absolute Gasteiger partial charge is 0.251 e. The van der Waals surface area contributed by atoms with Crippen molar-refractivity contribution >= 4 is 16.8 Å². The Kier molecular flexibility index (Phi) is 6.29. The van der Waals surface area contributed by atoms with Gasteiger partial charge in [0, 0.05) is 47.6 Å². The molecule has 200 valence electrons. The molecule has 2 unspecified atom stereocenters. The van der Waals surface area contributed by atoms with Gasteiger partial charge in [-0.05, 0) is 80.4 Å². The number of aromatic nitrogens is 3. The number of hydrogen-bond donors (Lipinski definition) is 2. The highest BCUT2D eigenvalue weighted by Gasteiger charge is 2.38. The van der Waals surface area contributed by atoms with Crippen molar-refractivity contribution in [3.63, 3.8) is 0 Å². The Morgan fingerprint density at radius 2 is 1.87 bits per heavy atom. The van der Waals surface area contributed by atoms with E-state index in [0.717, 1.165) is 72.5 Å². The first-order valence-corrected chi connectivity index (χ1v) is 13.9. The number of ether oxygens (including phenoxy) is 2. The Bertz CT molecular complexity index is 1450. The molecular weight excluding hydrogens is 490 g/mol. The van der Waals surface area contributed by atoms with E-state index >= 15 is 0 Å². The normalized spacial score (nSPS) is 23.9. The molecule has 3 aliphatic rings. The number of nitrogens with one attached hydrogen (secondary N) is 2. The number of H-pyrrole nitrogens is 1. The summed E-state index contributed by atoms with van der Waals surface area (Å²) in [6.45, 7) is 1.56. The van der Waals surface area contributed by atoms with E-state index in [9.17, 15) is 4.79 Å². The van der Waals surface area contributed by atoms with E-state index in [2.05, 4.69) is 32.4 Å². The lowest BCUT2D eigenvalue weighted by Gasteiger charge is -2.46. The maximum atomic E-state index is 13.3. The number of rotatable bonds is 7. The highest BCUT2D eigenvalue weighted by Crippen LogP contribution is 2.40. The lowest BCUT2D eigenvalue weighted by Crippen LogP contribution is -2.57. The molecule has 1 amide bonds. The minimum absolute atomic E-state index is 0.0672. The van der Waals surface area contributed by atoms with E-state index in [-0.39, 0.29) is 18.1 Å². The van der Waals surface area contributed by atoms with Crippen molar-refractivity contribution in [2.75, 3.05) is 20.3 Å². The van der Waals surface area contributed by atoms with Gasteiger partial charge in [-0.1, -0.05) is 6.07 Å². The average molecular weight is 524 g/mol. The van der Waals surface area contributed by atoms with Gasteiger partial charge in [-0.2, -0.15) is 5.10 Å². The van der Waals surface area contributed by atoms with Crippen LogP contribution < -0.4 is 10.1 Å². The largest absolute Gasteiger partial charge is 0.490 e. The number of carbonyl (C=O) groups excluding carboxylic acids is 1. The van der Waals surface area contributed by atoms with Crippen LogP contribution >= 0.6 is 0 Å². The van der Waals surface area contributed by atoms with Gasteiger partial charge in [0.25, 0.3) is 5.91 Å². The molecule has 0 radical (unpaired) electrons. The minimum Gasteiger partial charge on any atom is -0.490 e. The number of carbonyl (C=O) groups is 1. The first kappa shape index (κ1) is 24.3. The fourth-order valence-corrected chi connectivity index (χ4v) is 6.05. The number of hydrogen-bond acceptors (Lipinski definition) is 6. The molecule has 2 saturated heterocycles. The molecule has 8 heteroatoms. The zero-order valence-electron chi connectivity index (χ0n) is 22.0. The fraction of sp³-hybridized carbons (Fsp3) is 0.387. The summed E-state index contributed by atoms with van der Waals surface area (Å²) in [5, 5.41) is 11.8. The Hall–Kier alpha value is -3.75. The first-order valence-electron chi connectivity index (χ1n) is 13.9. The maximum Gasteiger partial charge on any atom is 0.251 e. The van der Waals surface area contributed by atoms with Crippen LogP contribution in [0.25, 0.3) is 22.2 Å². The molecule has 1 aliphatic carbocycles. The van der Waals surface area contributed by atoms with Crippen LogP contribution in [0.5, 0.6) is 5.75 Å². The molecule has 39 heavy (non-hydrogen) atoms. The Morgan fingerprint density at radius 1 is 1.08 bits per heavy atom. The number of likely N-dealkylation sites (N-methyl/N-ethyl adjacent to an activating group) is 1. The van der Waals surface area contributed by atoms with E-state index < -0.39 is 0 Å². The second kappa shape index (κ2) is 10.1. The number of amides is 1. The van der Waals surface area contributed by atoms with Gasteiger partial charge in [0.1, 0.15) is 11.9 Å². The fourth-order valence-electron chi connectivity index (χ4n) is 6.05. The van der Waals surface area contributed by atoms with Crippen molar-refractivity contribution in [2.45, 2.75) is 49.9 Å². The number of aromatic amines is 1. The van der Waals surface area contributed by atoms with Gasteiger partial charge in [-0.25, -0.2) is 0 Å². The van der Waals surface area contributed by atoms with E-state index in [4.69, 9.17) is 9.47 Å². The van der Waals surface area contributed by atoms with Crippen molar-refractivity contribution < 1.29 is 14.3 Å². The van der Waals surface area contributed by atoms with Gasteiger partial charge in [0.15, 0.2) is 0 Å². The highest BCUT2D eigenvalue weighted by molar-refractivity contribution is 6.01. The topological polar surface area (TPSA) is 92.4 Å². The van der Waals surface area contributed by atoms with Gasteiger partial charge in [0.05, 0.1) is 36.2 Å². The average Bonchev–Trinajstić information content (AvgIpc) is 3.71. The summed E-state index contributed by atoms with van der Waals surface area (Å²) in [5.41, 5.74) is 4.22. The molecule has 4 atom stereocenters. The third kappa shape index (κ3) is 4.90. The molecule has 1 saturated carbocycles. The number of piperidine rings is 1. The monoisotopic (exact) mass is 523 g/mol. The third-order valence-electron chi connectivity index (χ3n) is 8.48. The molecule has 2 aromatic carbocycles. The number of morpholine rings is 1. The Balaban J connectivity index is 1.08. The van der Waals surface area contributed by atoms with E-state index in [0.29, 0.717) is 23.6 Å². The van der Waals surface area contributed by atoms with E-state index in [1.54, 1.807) is 6.20 Å². The van der Waals surface area contributed by atoms with Crippen LogP contribution in [0.15, 0.2) is 66.9 Å². The van der Waals surface area contributed by atoms with Crippen LogP contribution in [0.4, 0.5) is 0 Å². The molecule has 3 fully saturated rings. The summed E-state index contributed by atoms with van der Waals surface area (Å²) in [7, 11) is 2.19. The van der Waals surface area contributed by atoms with E-state index in [1.165, 1.54) is 0 Å². The lowest BCUT2D eigenvalue weighted by molar-refractivity contribution is -0.0879. The molecule has 2 aromatic heterocycles. The predicted molar refractivity (Wildman–Crippen MR) is 149 cm³/mol. The van der Waals surface area contributed by atoms with Crippen LogP contribution in [-0.4, -0.2) is 64.4 Å². The summed E-state index contributed by atoms with van der Waals surface area (Å²) in [6, 6.07) is 20.5. The number of fused-ring (bicyclic) bond motifs is 3. The summed E-state index contributed by atoms with van der Waals surface area (Å²) >= 11 is 0. The summed E-state index contributed by atoms with van der Waals surface area (Å²) in [5.74, 6) is 1.22. The van der Waals surface area contributed by atoms with Gasteiger partial charge < -0.3 is 14.8 Å². The molecule has 4 aromatic rings. The number of benzene rings is 2. The third-order valence-corrected chi connectivity index (χ3v) is 8.48. The number of pyridine rings is 1. The van der Waals surface area contributed by atoms with Gasteiger partial charge in [-0.15, -0.1) is 0 Å². The summed E-state index contributed by atoms with van der Waals surface area (Å²) in [6.07, 6.45) is 6.16. The molecule has 2 aliphatic heterocycles. The Morgan fingerprint density at radius 3 is 2.59 bits per heavy atom.